The number of epoxide rings is 1. The molecule has 0 radical (unpaired) electrons. The predicted octanol–water partition coefficient (Wildman–Crippen LogP) is 2.42. The first kappa shape index (κ1) is 26.4. The lowest BCUT2D eigenvalue weighted by Gasteiger charge is -2.57. The fourth-order valence-corrected chi connectivity index (χ4v) is 6.39. The van der Waals surface area contributed by atoms with Crippen molar-refractivity contribution in [3.05, 3.63) is 11.6 Å². The number of carbonyl (C=O) groups excluding carboxylic acids is 2. The van der Waals surface area contributed by atoms with Crippen LogP contribution in [0.1, 0.15) is 65.7 Å². The molecule has 2 saturated heterocycles. The highest BCUT2D eigenvalue weighted by Gasteiger charge is 2.68. The molecule has 2 aliphatic heterocycles. The number of allylic oxidation sites excluding steroid dienone is 2. The van der Waals surface area contributed by atoms with E-state index in [1.807, 2.05) is 0 Å². The first-order chi connectivity index (χ1) is 16.7. The number of hydrogen-bond acceptors (Lipinski definition) is 7. The van der Waals surface area contributed by atoms with Crippen molar-refractivity contribution < 1.29 is 28.5 Å². The van der Waals surface area contributed by atoms with Gasteiger partial charge in [-0.3, -0.25) is 4.79 Å². The summed E-state index contributed by atoms with van der Waals surface area (Å²) in [5, 5.41) is 5.97. The number of hydrogen-bond donors (Lipinski definition) is 3. The molecule has 1 spiro atoms. The molecule has 4 aliphatic rings. The molecule has 0 aromatic heterocycles. The second-order valence-electron chi connectivity index (χ2n) is 11.2. The quantitative estimate of drug-likeness (QED) is 0.350. The Bertz CT molecular complexity index is 803. The molecule has 6 atom stereocenters. The molecule has 3 unspecified atom stereocenters. The summed E-state index contributed by atoms with van der Waals surface area (Å²) in [4.78, 5) is 24.4. The Hall–Kier alpha value is -1.68. The van der Waals surface area contributed by atoms with Gasteiger partial charge < -0.3 is 35.3 Å². The van der Waals surface area contributed by atoms with Gasteiger partial charge in [-0.2, -0.15) is 0 Å². The SMILES string of the molecule is COC1C(OC(=O)N[C@H]2CC[C@H](NC(=O)CN)CC2)CC[C@]2(CO2)C1[C@@]1(C)OC[C@@H]1CC=C(C)C. The van der Waals surface area contributed by atoms with Crippen LogP contribution in [-0.4, -0.2) is 74.4 Å². The number of amides is 2. The molecule has 2 heterocycles. The number of methoxy groups -OCH3 is 1. The Morgan fingerprint density at radius 2 is 1.74 bits per heavy atom. The molecule has 9 nitrogen and oxygen atoms in total. The van der Waals surface area contributed by atoms with E-state index in [-0.39, 0.29) is 53.9 Å². The molecule has 0 aromatic carbocycles. The average Bonchev–Trinajstić information content (AvgIpc) is 3.59. The van der Waals surface area contributed by atoms with Crippen molar-refractivity contribution in [3.63, 3.8) is 0 Å². The molecule has 4 rings (SSSR count). The smallest absolute Gasteiger partial charge is 0.407 e. The summed E-state index contributed by atoms with van der Waals surface area (Å²) in [6, 6.07) is 0.155. The van der Waals surface area contributed by atoms with Crippen LogP contribution in [0.4, 0.5) is 4.79 Å². The zero-order valence-corrected chi connectivity index (χ0v) is 21.6. The van der Waals surface area contributed by atoms with E-state index in [4.69, 9.17) is 24.7 Å². The Labute approximate surface area is 208 Å². The van der Waals surface area contributed by atoms with Crippen LogP contribution >= 0.6 is 0 Å². The number of nitrogens with one attached hydrogen (secondary N) is 2. The number of ether oxygens (including phenoxy) is 4. The lowest BCUT2D eigenvalue weighted by atomic mass is 9.61. The van der Waals surface area contributed by atoms with Gasteiger partial charge in [0.2, 0.25) is 5.91 Å². The zero-order valence-electron chi connectivity index (χ0n) is 21.6. The number of rotatable bonds is 8. The fourth-order valence-electron chi connectivity index (χ4n) is 6.39. The van der Waals surface area contributed by atoms with Crippen molar-refractivity contribution in [2.24, 2.45) is 17.6 Å². The van der Waals surface area contributed by atoms with Crippen LogP contribution in [0.2, 0.25) is 0 Å². The molecule has 4 N–H and O–H groups in total. The van der Waals surface area contributed by atoms with Crippen LogP contribution in [-0.2, 0) is 23.7 Å². The normalized spacial score (nSPS) is 40.4. The molecule has 198 valence electrons. The van der Waals surface area contributed by atoms with E-state index in [1.165, 1.54) is 5.57 Å². The van der Waals surface area contributed by atoms with Gasteiger partial charge in [-0.25, -0.2) is 4.79 Å². The van der Waals surface area contributed by atoms with Crippen LogP contribution in [0.25, 0.3) is 0 Å². The van der Waals surface area contributed by atoms with Gasteiger partial charge in [0.1, 0.15) is 12.2 Å². The maximum Gasteiger partial charge on any atom is 0.407 e. The monoisotopic (exact) mass is 493 g/mol. The van der Waals surface area contributed by atoms with Gasteiger partial charge in [0.25, 0.3) is 0 Å². The second kappa shape index (κ2) is 10.7. The van der Waals surface area contributed by atoms with Crippen LogP contribution in [0.5, 0.6) is 0 Å². The minimum Gasteiger partial charge on any atom is -0.443 e. The highest BCUT2D eigenvalue weighted by atomic mass is 16.6. The molecular formula is C26H43N3O6. The fraction of sp³-hybridized carbons (Fsp3) is 0.846. The molecule has 2 saturated carbocycles. The van der Waals surface area contributed by atoms with Gasteiger partial charge >= 0.3 is 6.09 Å². The predicted molar refractivity (Wildman–Crippen MR) is 131 cm³/mol. The summed E-state index contributed by atoms with van der Waals surface area (Å²) in [7, 11) is 1.69. The van der Waals surface area contributed by atoms with Gasteiger partial charge in [-0.1, -0.05) is 11.6 Å². The minimum atomic E-state index is -0.404. The summed E-state index contributed by atoms with van der Waals surface area (Å²) < 4.78 is 24.3. The van der Waals surface area contributed by atoms with Gasteiger partial charge in [-0.15, -0.1) is 0 Å². The van der Waals surface area contributed by atoms with E-state index >= 15 is 0 Å². The molecule has 2 aliphatic carbocycles. The summed E-state index contributed by atoms with van der Waals surface area (Å²) in [6.07, 6.45) is 6.92. The Kier molecular flexibility index (Phi) is 8.10. The number of alkyl carbamates (subject to hydrolysis) is 1. The van der Waals surface area contributed by atoms with E-state index in [9.17, 15) is 9.59 Å². The molecule has 0 aromatic rings. The van der Waals surface area contributed by atoms with E-state index in [2.05, 4.69) is 37.5 Å². The first-order valence-electron chi connectivity index (χ1n) is 13.1. The lowest BCUT2D eigenvalue weighted by Crippen LogP contribution is -2.67. The highest BCUT2D eigenvalue weighted by Crippen LogP contribution is 2.57. The zero-order chi connectivity index (χ0) is 25.2. The molecule has 9 heteroatoms. The minimum absolute atomic E-state index is 0.000341. The topological polar surface area (TPSA) is 124 Å². The van der Waals surface area contributed by atoms with Gasteiger partial charge in [0.05, 0.1) is 31.0 Å². The molecule has 2 amide bonds. The third kappa shape index (κ3) is 5.68. The molecule has 35 heavy (non-hydrogen) atoms. The maximum absolute atomic E-state index is 12.9. The molecular weight excluding hydrogens is 450 g/mol. The largest absolute Gasteiger partial charge is 0.443 e. The van der Waals surface area contributed by atoms with Crippen molar-refractivity contribution in [1.29, 1.82) is 0 Å². The van der Waals surface area contributed by atoms with Crippen molar-refractivity contribution in [2.75, 3.05) is 26.9 Å². The Morgan fingerprint density at radius 3 is 2.26 bits per heavy atom. The van der Waals surface area contributed by atoms with Crippen LogP contribution in [0.15, 0.2) is 11.6 Å². The van der Waals surface area contributed by atoms with E-state index in [0.29, 0.717) is 18.9 Å². The number of nitrogens with two attached hydrogens (primary N) is 1. The maximum atomic E-state index is 12.9. The van der Waals surface area contributed by atoms with Gasteiger partial charge in [-0.05, 0) is 65.7 Å². The number of carbonyl (C=O) groups is 2. The second-order valence-corrected chi connectivity index (χ2v) is 11.2. The van der Waals surface area contributed by atoms with Crippen LogP contribution in [0.3, 0.4) is 0 Å². The highest BCUT2D eigenvalue weighted by molar-refractivity contribution is 5.78. The summed E-state index contributed by atoms with van der Waals surface area (Å²) in [5.41, 5.74) is 6.06. The Balaban J connectivity index is 1.35. The lowest BCUT2D eigenvalue weighted by molar-refractivity contribution is -0.269. The molecule has 0 bridgehead atoms. The van der Waals surface area contributed by atoms with E-state index < -0.39 is 6.09 Å². The van der Waals surface area contributed by atoms with Crippen molar-refractivity contribution in [1.82, 2.24) is 10.6 Å². The van der Waals surface area contributed by atoms with Gasteiger partial charge in [0, 0.05) is 31.0 Å². The van der Waals surface area contributed by atoms with Crippen molar-refractivity contribution >= 4 is 12.0 Å². The average molecular weight is 494 g/mol. The summed E-state index contributed by atoms with van der Waals surface area (Å²) >= 11 is 0. The first-order valence-corrected chi connectivity index (χ1v) is 13.1. The Morgan fingerprint density at radius 1 is 1.09 bits per heavy atom. The van der Waals surface area contributed by atoms with Crippen LogP contribution in [0, 0.1) is 11.8 Å². The third-order valence-electron chi connectivity index (χ3n) is 8.59. The molecule has 4 fully saturated rings. The van der Waals surface area contributed by atoms with E-state index in [0.717, 1.165) is 45.1 Å². The van der Waals surface area contributed by atoms with Crippen molar-refractivity contribution in [2.45, 2.75) is 101 Å². The summed E-state index contributed by atoms with van der Waals surface area (Å²) in [5.74, 6) is 0.240. The van der Waals surface area contributed by atoms with Crippen molar-refractivity contribution in [3.8, 4) is 0 Å². The standard InChI is InChI=1S/C26H43N3O6/c1-16(2)5-6-17-14-33-25(17,3)23-22(32-4)20(11-12-26(23)15-34-26)35-24(31)29-19-9-7-18(8-10-19)28-21(30)13-27/h5,17-20,22-23H,6-15,27H2,1-4H3,(H,28,30)(H,29,31)/t17-,18-,19-,20?,22?,23?,25-,26-/m0/s1. The van der Waals surface area contributed by atoms with Gasteiger partial charge in [0.15, 0.2) is 0 Å². The van der Waals surface area contributed by atoms with E-state index in [1.54, 1.807) is 7.11 Å². The summed E-state index contributed by atoms with van der Waals surface area (Å²) in [6.45, 7) is 7.83. The van der Waals surface area contributed by atoms with Crippen LogP contribution < -0.4 is 16.4 Å². The third-order valence-corrected chi connectivity index (χ3v) is 8.59.